The van der Waals surface area contributed by atoms with Gasteiger partial charge >= 0.3 is 15.2 Å². The predicted octanol–water partition coefficient (Wildman–Crippen LogP) is 0.0361. The third kappa shape index (κ3) is 4.65. The number of rotatable bonds is 7. The third-order valence-electron chi connectivity index (χ3n) is 2.27. The van der Waals surface area contributed by atoms with E-state index in [1.165, 1.54) is 0 Å². The first-order chi connectivity index (χ1) is 7.45. The summed E-state index contributed by atoms with van der Waals surface area (Å²) in [5.41, 5.74) is 0. The van der Waals surface area contributed by atoms with Crippen LogP contribution >= 0.6 is 15.2 Å². The molecule has 0 aromatic carbocycles. The molecule has 10 heteroatoms. The highest BCUT2D eigenvalue weighted by Crippen LogP contribution is 2.68. The molecule has 0 bridgehead atoms. The van der Waals surface area contributed by atoms with Crippen LogP contribution in [-0.4, -0.2) is 47.5 Å². The molecule has 0 aliphatic rings. The van der Waals surface area contributed by atoms with Crippen molar-refractivity contribution in [3.63, 3.8) is 0 Å². The predicted molar refractivity (Wildman–Crippen MR) is 67.0 cm³/mol. The lowest BCUT2D eigenvalue weighted by atomic mass is 10.5. The van der Waals surface area contributed by atoms with Crippen molar-refractivity contribution in [2.75, 3.05) is 17.8 Å². The third-order valence-corrected chi connectivity index (χ3v) is 8.15. The summed E-state index contributed by atoms with van der Waals surface area (Å²) < 4.78 is 22.1. The second-order valence-corrected chi connectivity index (χ2v) is 10.2. The number of hydrogen-bond donors (Lipinski definition) is 5. The summed E-state index contributed by atoms with van der Waals surface area (Å²) in [4.78, 5) is 35.5. The first-order valence-corrected chi connectivity index (χ1v) is 10.1. The fourth-order valence-electron chi connectivity index (χ4n) is 1.22. The minimum absolute atomic E-state index is 0.167. The lowest BCUT2D eigenvalue weighted by molar-refractivity contribution is 0.128. The van der Waals surface area contributed by atoms with Crippen LogP contribution in [-0.2, 0) is 20.0 Å². The Morgan fingerprint density at radius 3 is 1.76 bits per heavy atom. The topological polar surface area (TPSA) is 135 Å². The van der Waals surface area contributed by atoms with E-state index in [1.54, 1.807) is 0 Å². The lowest BCUT2D eigenvalue weighted by Gasteiger charge is -2.28. The summed E-state index contributed by atoms with van der Waals surface area (Å²) in [6.45, 7) is 1.93. The Kier molecular flexibility index (Phi) is 6.39. The van der Waals surface area contributed by atoms with Crippen molar-refractivity contribution in [1.29, 1.82) is 0 Å². The molecule has 0 aliphatic carbocycles. The van der Waals surface area contributed by atoms with Gasteiger partial charge in [-0.05, 0) is 17.3 Å². The van der Waals surface area contributed by atoms with Gasteiger partial charge in [0.05, 0.1) is 6.26 Å². The van der Waals surface area contributed by atoms with Crippen LogP contribution in [0, 0.1) is 0 Å². The van der Waals surface area contributed by atoms with Crippen LogP contribution in [0.25, 0.3) is 0 Å². The van der Waals surface area contributed by atoms with Gasteiger partial charge in [0.1, 0.15) is 11.5 Å². The Morgan fingerprint density at radius 1 is 1.06 bits per heavy atom. The van der Waals surface area contributed by atoms with E-state index in [0.717, 1.165) is 12.2 Å². The maximum atomic E-state index is 11.0. The summed E-state index contributed by atoms with van der Waals surface area (Å²) in [5, 5.41) is 6.32. The monoisotopic (exact) mass is 309 g/mol. The van der Waals surface area contributed by atoms with E-state index >= 15 is 0 Å². The zero-order valence-electron chi connectivity index (χ0n) is 9.68. The van der Waals surface area contributed by atoms with Crippen molar-refractivity contribution in [3.05, 3.63) is 0 Å². The van der Waals surface area contributed by atoms with Gasteiger partial charge in [-0.3, -0.25) is 9.13 Å². The van der Waals surface area contributed by atoms with Gasteiger partial charge in [-0.2, -0.15) is 0 Å². The molecule has 17 heavy (non-hydrogen) atoms. The SMILES string of the molecule is CCC[S+](C)CCC(O)(P(=O)(O)O)P(=O)(O)O. The average molecular weight is 309 g/mol. The second kappa shape index (κ2) is 6.17. The largest absolute Gasteiger partial charge is 0.369 e. The molecule has 0 aliphatic heterocycles. The van der Waals surface area contributed by atoms with Gasteiger partial charge in [0.25, 0.3) is 5.08 Å². The first-order valence-electron chi connectivity index (χ1n) is 4.88. The highest BCUT2D eigenvalue weighted by Gasteiger charge is 2.59. The Labute approximate surface area is 103 Å². The summed E-state index contributed by atoms with van der Waals surface area (Å²) in [5.74, 6) is 0.957. The maximum absolute atomic E-state index is 11.0. The van der Waals surface area contributed by atoms with Crippen molar-refractivity contribution >= 4 is 26.1 Å². The van der Waals surface area contributed by atoms with Crippen molar-refractivity contribution in [3.8, 4) is 0 Å². The van der Waals surface area contributed by atoms with E-state index in [4.69, 9.17) is 19.6 Å². The van der Waals surface area contributed by atoms with E-state index in [-0.39, 0.29) is 16.6 Å². The van der Waals surface area contributed by atoms with E-state index in [9.17, 15) is 14.2 Å². The molecule has 0 radical (unpaired) electrons. The fourth-order valence-corrected chi connectivity index (χ4v) is 5.23. The first kappa shape index (κ1) is 17.6. The summed E-state index contributed by atoms with van der Waals surface area (Å²) in [7, 11) is -10.8. The molecule has 7 nitrogen and oxygen atoms in total. The Hall–Kier alpha value is 0.610. The van der Waals surface area contributed by atoms with Crippen LogP contribution in [0.2, 0.25) is 0 Å². The zero-order chi connectivity index (χ0) is 13.9. The molecule has 0 amide bonds. The number of hydrogen-bond acceptors (Lipinski definition) is 3. The molecule has 1 atom stereocenters. The van der Waals surface area contributed by atoms with Crippen molar-refractivity contribution < 1.29 is 33.8 Å². The highest BCUT2D eigenvalue weighted by atomic mass is 32.2. The number of aliphatic hydroxyl groups is 1. The molecule has 0 aromatic heterocycles. The van der Waals surface area contributed by atoms with Crippen LogP contribution in [0.3, 0.4) is 0 Å². The van der Waals surface area contributed by atoms with Crippen molar-refractivity contribution in [2.45, 2.75) is 24.8 Å². The Morgan fingerprint density at radius 2 is 1.47 bits per heavy atom. The molecule has 104 valence electrons. The van der Waals surface area contributed by atoms with E-state index in [0.29, 0.717) is 0 Å². The fraction of sp³-hybridized carbons (Fsp3) is 1.00. The van der Waals surface area contributed by atoms with Crippen LogP contribution in [0.1, 0.15) is 19.8 Å². The smallest absolute Gasteiger partial charge is 0.367 e. The minimum Gasteiger partial charge on any atom is -0.367 e. The van der Waals surface area contributed by atoms with Gasteiger partial charge in [-0.15, -0.1) is 0 Å². The summed E-state index contributed by atoms with van der Waals surface area (Å²) >= 11 is 0. The second-order valence-electron chi connectivity index (χ2n) is 3.80. The van der Waals surface area contributed by atoms with Gasteiger partial charge in [-0.1, -0.05) is 6.92 Å². The summed E-state index contributed by atoms with van der Waals surface area (Å²) in [6.07, 6.45) is 2.08. The zero-order valence-corrected chi connectivity index (χ0v) is 12.3. The van der Waals surface area contributed by atoms with Gasteiger partial charge in [0.2, 0.25) is 0 Å². The van der Waals surface area contributed by atoms with Crippen LogP contribution in [0.4, 0.5) is 0 Å². The molecular formula is C7H19O7P2S+. The van der Waals surface area contributed by atoms with Crippen molar-refractivity contribution in [1.82, 2.24) is 0 Å². The van der Waals surface area contributed by atoms with E-state index < -0.39 is 26.7 Å². The highest BCUT2D eigenvalue weighted by molar-refractivity contribution is 7.96. The molecule has 0 saturated carbocycles. The van der Waals surface area contributed by atoms with Crippen LogP contribution in [0.5, 0.6) is 0 Å². The van der Waals surface area contributed by atoms with Gasteiger partial charge in [0, 0.05) is 6.42 Å². The molecule has 0 spiro atoms. The quantitative estimate of drug-likeness (QED) is 0.331. The van der Waals surface area contributed by atoms with E-state index in [2.05, 4.69) is 0 Å². The normalized spacial score (nSPS) is 15.9. The molecule has 0 heterocycles. The maximum Gasteiger partial charge on any atom is 0.369 e. The van der Waals surface area contributed by atoms with Gasteiger partial charge in [-0.25, -0.2) is 0 Å². The Bertz CT molecular complexity index is 313. The van der Waals surface area contributed by atoms with Crippen molar-refractivity contribution in [2.24, 2.45) is 0 Å². The molecule has 1 unspecified atom stereocenters. The van der Waals surface area contributed by atoms with Crippen LogP contribution < -0.4 is 0 Å². The standard InChI is InChI=1S/C7H18O7P2S/c1-3-5-17(2)6-4-7(8,15(9,10)11)16(12,13)14/h8H,3-6H2,1-2H3,(H3-,9,10,11,12,13,14)/p+1. The minimum atomic E-state index is -5.29. The lowest BCUT2D eigenvalue weighted by Crippen LogP contribution is -2.31. The van der Waals surface area contributed by atoms with Gasteiger partial charge < -0.3 is 24.7 Å². The molecule has 0 saturated heterocycles. The van der Waals surface area contributed by atoms with E-state index in [1.807, 2.05) is 13.2 Å². The molecule has 5 N–H and O–H groups in total. The molecule has 0 fully saturated rings. The molecule has 0 aromatic rings. The van der Waals surface area contributed by atoms with Crippen LogP contribution in [0.15, 0.2) is 0 Å². The van der Waals surface area contributed by atoms with Gasteiger partial charge in [0.15, 0.2) is 0 Å². The molecule has 0 rings (SSSR count). The Balaban J connectivity index is 4.89. The molecular weight excluding hydrogens is 290 g/mol. The summed E-state index contributed by atoms with van der Waals surface area (Å²) in [6, 6.07) is 0. The average Bonchev–Trinajstić information content (AvgIpc) is 2.10.